The van der Waals surface area contributed by atoms with Gasteiger partial charge in [-0.15, -0.1) is 0 Å². The van der Waals surface area contributed by atoms with Crippen molar-refractivity contribution in [2.24, 2.45) is 23.2 Å². The number of aliphatic hydroxyl groups is 1. The molecule has 1 heteroatoms. The van der Waals surface area contributed by atoms with E-state index in [0.29, 0.717) is 11.3 Å². The van der Waals surface area contributed by atoms with E-state index in [4.69, 9.17) is 0 Å². The third kappa shape index (κ3) is 1.33. The van der Waals surface area contributed by atoms with Gasteiger partial charge in [0.1, 0.15) is 0 Å². The average molecular weight is 194 g/mol. The van der Waals surface area contributed by atoms with Gasteiger partial charge in [-0.2, -0.15) is 0 Å². The number of hydrogen-bond donors (Lipinski definition) is 1. The molecule has 1 nitrogen and oxygen atoms in total. The first kappa shape index (κ1) is 10.2. The fraction of sp³-hybridized carbons (Fsp3) is 0.846. The van der Waals surface area contributed by atoms with Gasteiger partial charge < -0.3 is 5.11 Å². The van der Waals surface area contributed by atoms with Gasteiger partial charge in [-0.3, -0.25) is 0 Å². The molecule has 0 aromatic rings. The van der Waals surface area contributed by atoms with Crippen LogP contribution in [0.5, 0.6) is 0 Å². The largest absolute Gasteiger partial charge is 0.390 e. The molecule has 0 radical (unpaired) electrons. The van der Waals surface area contributed by atoms with E-state index in [1.807, 2.05) is 13.8 Å². The van der Waals surface area contributed by atoms with Gasteiger partial charge in [0, 0.05) is 5.92 Å². The summed E-state index contributed by atoms with van der Waals surface area (Å²) in [5.74, 6) is 1.95. The summed E-state index contributed by atoms with van der Waals surface area (Å²) in [6, 6.07) is 0. The molecule has 80 valence electrons. The molecule has 14 heavy (non-hydrogen) atoms. The Morgan fingerprint density at radius 2 is 2.00 bits per heavy atom. The van der Waals surface area contributed by atoms with Crippen LogP contribution in [0.25, 0.3) is 0 Å². The van der Waals surface area contributed by atoms with Crippen molar-refractivity contribution in [1.29, 1.82) is 0 Å². The maximum atomic E-state index is 10.1. The normalized spacial score (nSPS) is 40.1. The lowest BCUT2D eigenvalue weighted by molar-refractivity contribution is 0.0237. The second kappa shape index (κ2) is 2.63. The molecular formula is C13H22O. The van der Waals surface area contributed by atoms with Crippen molar-refractivity contribution >= 4 is 0 Å². The summed E-state index contributed by atoms with van der Waals surface area (Å²) in [4.78, 5) is 0. The molecule has 0 aromatic carbocycles. The molecule has 0 amide bonds. The first-order valence-corrected chi connectivity index (χ1v) is 5.65. The van der Waals surface area contributed by atoms with Gasteiger partial charge in [0.05, 0.1) is 5.60 Å². The number of allylic oxidation sites excluding steroid dienone is 1. The quantitative estimate of drug-likeness (QED) is 0.636. The van der Waals surface area contributed by atoms with Crippen LogP contribution in [-0.4, -0.2) is 10.7 Å². The second-order valence-corrected chi connectivity index (χ2v) is 6.31. The van der Waals surface area contributed by atoms with Gasteiger partial charge in [-0.25, -0.2) is 0 Å². The van der Waals surface area contributed by atoms with Gasteiger partial charge in [-0.05, 0) is 44.4 Å². The van der Waals surface area contributed by atoms with Gasteiger partial charge >= 0.3 is 0 Å². The zero-order chi connectivity index (χ0) is 10.7. The van der Waals surface area contributed by atoms with E-state index >= 15 is 0 Å². The Morgan fingerprint density at radius 3 is 2.50 bits per heavy atom. The number of rotatable bonds is 1. The van der Waals surface area contributed by atoms with E-state index in [1.165, 1.54) is 12.0 Å². The molecule has 2 rings (SSSR count). The van der Waals surface area contributed by atoms with E-state index < -0.39 is 5.60 Å². The summed E-state index contributed by atoms with van der Waals surface area (Å²) in [5.41, 5.74) is 1.33. The summed E-state index contributed by atoms with van der Waals surface area (Å²) >= 11 is 0. The monoisotopic (exact) mass is 194 g/mol. The van der Waals surface area contributed by atoms with Crippen LogP contribution in [0.1, 0.15) is 41.0 Å². The maximum Gasteiger partial charge on any atom is 0.0656 e. The van der Waals surface area contributed by atoms with Crippen molar-refractivity contribution in [3.63, 3.8) is 0 Å². The molecule has 0 heterocycles. The van der Waals surface area contributed by atoms with Crippen LogP contribution in [0.15, 0.2) is 11.6 Å². The van der Waals surface area contributed by atoms with Crippen LogP contribution < -0.4 is 0 Å². The van der Waals surface area contributed by atoms with E-state index in [9.17, 15) is 5.11 Å². The third-order valence-electron chi connectivity index (χ3n) is 4.47. The molecule has 2 aliphatic rings. The molecule has 0 saturated heterocycles. The predicted octanol–water partition coefficient (Wildman–Crippen LogP) is 3.00. The fourth-order valence-corrected chi connectivity index (χ4v) is 3.25. The van der Waals surface area contributed by atoms with Crippen molar-refractivity contribution in [1.82, 2.24) is 0 Å². The highest BCUT2D eigenvalue weighted by Gasteiger charge is 2.59. The Labute approximate surface area is 87.2 Å². The van der Waals surface area contributed by atoms with Crippen LogP contribution in [-0.2, 0) is 0 Å². The summed E-state index contributed by atoms with van der Waals surface area (Å²) in [6.07, 6.45) is 3.57. The van der Waals surface area contributed by atoms with Crippen molar-refractivity contribution in [2.75, 3.05) is 0 Å². The van der Waals surface area contributed by atoms with Crippen LogP contribution in [0.3, 0.4) is 0 Å². The highest BCUT2D eigenvalue weighted by atomic mass is 16.3. The zero-order valence-electron chi connectivity index (χ0n) is 9.96. The smallest absolute Gasteiger partial charge is 0.0656 e. The molecule has 1 saturated carbocycles. The minimum absolute atomic E-state index is 0.366. The minimum Gasteiger partial charge on any atom is -0.390 e. The van der Waals surface area contributed by atoms with Crippen molar-refractivity contribution in [3.8, 4) is 0 Å². The lowest BCUT2D eigenvalue weighted by Crippen LogP contribution is -2.33. The second-order valence-electron chi connectivity index (χ2n) is 6.31. The van der Waals surface area contributed by atoms with E-state index in [0.717, 1.165) is 11.8 Å². The van der Waals surface area contributed by atoms with Crippen LogP contribution in [0, 0.1) is 23.2 Å². The minimum atomic E-state index is -0.551. The van der Waals surface area contributed by atoms with Crippen molar-refractivity contribution in [3.05, 3.63) is 11.6 Å². The summed E-state index contributed by atoms with van der Waals surface area (Å²) in [6.45, 7) is 10.7. The fourth-order valence-electron chi connectivity index (χ4n) is 3.25. The number of hydrogen-bond acceptors (Lipinski definition) is 1. The molecular weight excluding hydrogens is 172 g/mol. The Hall–Kier alpha value is -0.300. The van der Waals surface area contributed by atoms with Gasteiger partial charge in [0.25, 0.3) is 0 Å². The molecule has 1 N–H and O–H groups in total. The zero-order valence-corrected chi connectivity index (χ0v) is 9.96. The molecule has 3 unspecified atom stereocenters. The highest BCUT2D eigenvalue weighted by molar-refractivity contribution is 5.26. The molecule has 0 aromatic heterocycles. The van der Waals surface area contributed by atoms with E-state index in [1.54, 1.807) is 0 Å². The summed E-state index contributed by atoms with van der Waals surface area (Å²) < 4.78 is 0. The summed E-state index contributed by atoms with van der Waals surface area (Å²) in [7, 11) is 0. The van der Waals surface area contributed by atoms with Gasteiger partial charge in [0.15, 0.2) is 0 Å². The third-order valence-corrected chi connectivity index (χ3v) is 4.47. The molecule has 3 atom stereocenters. The van der Waals surface area contributed by atoms with Gasteiger partial charge in [0.2, 0.25) is 0 Å². The first-order valence-electron chi connectivity index (χ1n) is 5.65. The molecule has 0 spiro atoms. The lowest BCUT2D eigenvalue weighted by atomic mass is 9.78. The molecule has 1 fully saturated rings. The van der Waals surface area contributed by atoms with Crippen LogP contribution >= 0.6 is 0 Å². The SMILES string of the molecule is CC1=CC2C(CC1C(C)(C)O)C2(C)C. The van der Waals surface area contributed by atoms with Crippen LogP contribution in [0.2, 0.25) is 0 Å². The topological polar surface area (TPSA) is 20.2 Å². The lowest BCUT2D eigenvalue weighted by Gasteiger charge is -2.32. The average Bonchev–Trinajstić information content (AvgIpc) is 2.50. The highest BCUT2D eigenvalue weighted by Crippen LogP contribution is 2.65. The number of fused-ring (bicyclic) bond motifs is 1. The van der Waals surface area contributed by atoms with Crippen molar-refractivity contribution < 1.29 is 5.11 Å². The maximum absolute atomic E-state index is 10.1. The van der Waals surface area contributed by atoms with Crippen LogP contribution in [0.4, 0.5) is 0 Å². The molecule has 0 bridgehead atoms. The Balaban J connectivity index is 2.21. The molecule has 0 aliphatic heterocycles. The molecule has 2 aliphatic carbocycles. The first-order chi connectivity index (χ1) is 6.24. The Bertz CT molecular complexity index is 280. The van der Waals surface area contributed by atoms with Crippen molar-refractivity contribution in [2.45, 2.75) is 46.6 Å². The predicted molar refractivity (Wildman–Crippen MR) is 58.9 cm³/mol. The standard InChI is InChI=1S/C13H22O/c1-8-6-10-11(12(10,2)3)7-9(8)13(4,5)14/h6,9-11,14H,7H2,1-5H3. The Kier molecular flexibility index (Phi) is 1.92. The summed E-state index contributed by atoms with van der Waals surface area (Å²) in [5, 5.41) is 10.1. The van der Waals surface area contributed by atoms with Gasteiger partial charge in [-0.1, -0.05) is 25.5 Å². The Morgan fingerprint density at radius 1 is 1.43 bits per heavy atom. The van der Waals surface area contributed by atoms with E-state index in [-0.39, 0.29) is 0 Å². The van der Waals surface area contributed by atoms with E-state index in [2.05, 4.69) is 26.8 Å².